The van der Waals surface area contributed by atoms with Crippen molar-refractivity contribution in [1.82, 2.24) is 0 Å². The second-order valence-corrected chi connectivity index (χ2v) is 6.53. The molecule has 1 unspecified atom stereocenters. The summed E-state index contributed by atoms with van der Waals surface area (Å²) >= 11 is 9.28. The maximum Gasteiger partial charge on any atom is 0.265 e. The SMILES string of the molecule is CC(Oc1ccc(Cl)cc1Br)C(=O)Nc1ccccc1N(C)C. The Bertz CT molecular complexity index is 707. The van der Waals surface area contributed by atoms with Gasteiger partial charge in [-0.25, -0.2) is 0 Å². The number of nitrogens with zero attached hydrogens (tertiary/aromatic N) is 1. The summed E-state index contributed by atoms with van der Waals surface area (Å²) in [6.07, 6.45) is -0.650. The van der Waals surface area contributed by atoms with E-state index in [0.29, 0.717) is 15.2 Å². The van der Waals surface area contributed by atoms with Gasteiger partial charge < -0.3 is 15.0 Å². The number of hydrogen-bond donors (Lipinski definition) is 1. The monoisotopic (exact) mass is 396 g/mol. The van der Waals surface area contributed by atoms with Crippen LogP contribution in [0.2, 0.25) is 5.02 Å². The molecule has 23 heavy (non-hydrogen) atoms. The van der Waals surface area contributed by atoms with Gasteiger partial charge in [0.05, 0.1) is 15.8 Å². The molecule has 1 N–H and O–H groups in total. The van der Waals surface area contributed by atoms with Crippen LogP contribution in [-0.4, -0.2) is 26.1 Å². The van der Waals surface area contributed by atoms with E-state index in [-0.39, 0.29) is 5.91 Å². The van der Waals surface area contributed by atoms with Crippen LogP contribution in [0, 0.1) is 0 Å². The maximum atomic E-state index is 12.4. The molecule has 0 aliphatic heterocycles. The Kier molecular flexibility index (Phi) is 5.91. The van der Waals surface area contributed by atoms with Crippen LogP contribution in [0.3, 0.4) is 0 Å². The largest absolute Gasteiger partial charge is 0.480 e. The molecule has 0 radical (unpaired) electrons. The van der Waals surface area contributed by atoms with E-state index in [1.54, 1.807) is 25.1 Å². The van der Waals surface area contributed by atoms with Crippen LogP contribution in [0.4, 0.5) is 11.4 Å². The molecule has 122 valence electrons. The molecule has 2 aromatic rings. The van der Waals surface area contributed by atoms with Gasteiger partial charge in [0.2, 0.25) is 0 Å². The van der Waals surface area contributed by atoms with Crippen molar-refractivity contribution in [3.63, 3.8) is 0 Å². The zero-order valence-electron chi connectivity index (χ0n) is 13.1. The van der Waals surface area contributed by atoms with Crippen LogP contribution < -0.4 is 15.0 Å². The van der Waals surface area contributed by atoms with Crippen molar-refractivity contribution in [2.24, 2.45) is 0 Å². The smallest absolute Gasteiger partial charge is 0.265 e. The molecule has 0 fully saturated rings. The minimum absolute atomic E-state index is 0.221. The third-order valence-electron chi connectivity index (χ3n) is 3.21. The quantitative estimate of drug-likeness (QED) is 0.803. The number of anilines is 2. The minimum atomic E-state index is -0.650. The second-order valence-electron chi connectivity index (χ2n) is 5.24. The number of nitrogens with one attached hydrogen (secondary N) is 1. The van der Waals surface area contributed by atoms with Gasteiger partial charge in [-0.15, -0.1) is 0 Å². The van der Waals surface area contributed by atoms with Gasteiger partial charge >= 0.3 is 0 Å². The van der Waals surface area contributed by atoms with Crippen molar-refractivity contribution < 1.29 is 9.53 Å². The van der Waals surface area contributed by atoms with Gasteiger partial charge in [0, 0.05) is 19.1 Å². The van der Waals surface area contributed by atoms with E-state index in [9.17, 15) is 4.79 Å². The molecule has 4 nitrogen and oxygen atoms in total. The van der Waals surface area contributed by atoms with E-state index in [2.05, 4.69) is 21.2 Å². The Morgan fingerprint density at radius 3 is 2.61 bits per heavy atom. The lowest BCUT2D eigenvalue weighted by Crippen LogP contribution is -2.30. The Morgan fingerprint density at radius 2 is 1.96 bits per heavy atom. The van der Waals surface area contributed by atoms with Gasteiger partial charge in [0.15, 0.2) is 6.10 Å². The summed E-state index contributed by atoms with van der Waals surface area (Å²) in [6, 6.07) is 12.8. The molecule has 2 aromatic carbocycles. The van der Waals surface area contributed by atoms with Crippen LogP contribution in [0.5, 0.6) is 5.75 Å². The lowest BCUT2D eigenvalue weighted by atomic mass is 10.2. The highest BCUT2D eigenvalue weighted by Gasteiger charge is 2.17. The van der Waals surface area contributed by atoms with Crippen LogP contribution in [0.15, 0.2) is 46.9 Å². The first kappa shape index (κ1) is 17.6. The van der Waals surface area contributed by atoms with Crippen LogP contribution in [0.1, 0.15) is 6.92 Å². The van der Waals surface area contributed by atoms with E-state index in [1.165, 1.54) is 0 Å². The highest BCUT2D eigenvalue weighted by atomic mass is 79.9. The van der Waals surface area contributed by atoms with Crippen LogP contribution >= 0.6 is 27.5 Å². The molecule has 0 heterocycles. The third-order valence-corrected chi connectivity index (χ3v) is 4.07. The minimum Gasteiger partial charge on any atom is -0.480 e. The van der Waals surface area contributed by atoms with Crippen LogP contribution in [0.25, 0.3) is 0 Å². The molecule has 0 spiro atoms. The number of hydrogen-bond acceptors (Lipinski definition) is 3. The van der Waals surface area contributed by atoms with E-state index < -0.39 is 6.10 Å². The van der Waals surface area contributed by atoms with Crippen LogP contribution in [-0.2, 0) is 4.79 Å². The average Bonchev–Trinajstić information content (AvgIpc) is 2.50. The van der Waals surface area contributed by atoms with E-state index in [4.69, 9.17) is 16.3 Å². The predicted octanol–water partition coefficient (Wildman–Crippen LogP) is 4.57. The first-order chi connectivity index (χ1) is 10.9. The number of rotatable bonds is 5. The zero-order valence-corrected chi connectivity index (χ0v) is 15.5. The molecule has 0 aromatic heterocycles. The number of halogens is 2. The fourth-order valence-electron chi connectivity index (χ4n) is 2.02. The standard InChI is InChI=1S/C17H18BrClN2O2/c1-11(23-16-9-8-12(19)10-13(16)18)17(22)20-14-6-4-5-7-15(14)21(2)3/h4-11H,1-3H3,(H,20,22). The Hall–Kier alpha value is -1.72. The summed E-state index contributed by atoms with van der Waals surface area (Å²) in [4.78, 5) is 14.3. The third kappa shape index (κ3) is 4.62. The fraction of sp³-hybridized carbons (Fsp3) is 0.235. The van der Waals surface area contributed by atoms with E-state index in [0.717, 1.165) is 11.4 Å². The first-order valence-corrected chi connectivity index (χ1v) is 8.24. The fourth-order valence-corrected chi connectivity index (χ4v) is 2.79. The van der Waals surface area contributed by atoms with Gasteiger partial charge in [-0.05, 0) is 53.2 Å². The lowest BCUT2D eigenvalue weighted by molar-refractivity contribution is -0.122. The number of amides is 1. The molecule has 6 heteroatoms. The summed E-state index contributed by atoms with van der Waals surface area (Å²) in [5.74, 6) is 0.346. The number of ether oxygens (including phenoxy) is 1. The molecule has 0 aliphatic rings. The zero-order chi connectivity index (χ0) is 17.0. The van der Waals surface area contributed by atoms with Gasteiger partial charge in [-0.3, -0.25) is 4.79 Å². The summed E-state index contributed by atoms with van der Waals surface area (Å²) < 4.78 is 6.41. The number of carbonyl (C=O) groups is 1. The maximum absolute atomic E-state index is 12.4. The molecular formula is C17H18BrClN2O2. The molecular weight excluding hydrogens is 380 g/mol. The molecule has 0 saturated carbocycles. The van der Waals surface area contributed by atoms with Gasteiger partial charge in [-0.1, -0.05) is 23.7 Å². The Morgan fingerprint density at radius 1 is 1.26 bits per heavy atom. The van der Waals surface area contributed by atoms with E-state index >= 15 is 0 Å². The Labute approximate surface area is 149 Å². The van der Waals surface area contributed by atoms with Crippen molar-refractivity contribution in [1.29, 1.82) is 0 Å². The predicted molar refractivity (Wildman–Crippen MR) is 98.6 cm³/mol. The lowest BCUT2D eigenvalue weighted by Gasteiger charge is -2.20. The van der Waals surface area contributed by atoms with Crippen molar-refractivity contribution in [2.75, 3.05) is 24.3 Å². The van der Waals surface area contributed by atoms with Crippen molar-refractivity contribution >= 4 is 44.8 Å². The second kappa shape index (κ2) is 7.70. The van der Waals surface area contributed by atoms with Crippen molar-refractivity contribution in [3.8, 4) is 5.75 Å². The highest BCUT2D eigenvalue weighted by molar-refractivity contribution is 9.10. The van der Waals surface area contributed by atoms with Gasteiger partial charge in [0.25, 0.3) is 5.91 Å². The normalized spacial score (nSPS) is 11.7. The van der Waals surface area contributed by atoms with Gasteiger partial charge in [0.1, 0.15) is 5.75 Å². The summed E-state index contributed by atoms with van der Waals surface area (Å²) in [6.45, 7) is 1.70. The first-order valence-electron chi connectivity index (χ1n) is 7.07. The van der Waals surface area contributed by atoms with E-state index in [1.807, 2.05) is 43.3 Å². The van der Waals surface area contributed by atoms with Crippen molar-refractivity contribution in [3.05, 3.63) is 52.0 Å². The van der Waals surface area contributed by atoms with Gasteiger partial charge in [-0.2, -0.15) is 0 Å². The summed E-state index contributed by atoms with van der Waals surface area (Å²) in [5.41, 5.74) is 1.67. The van der Waals surface area contributed by atoms with Crippen molar-refractivity contribution in [2.45, 2.75) is 13.0 Å². The summed E-state index contributed by atoms with van der Waals surface area (Å²) in [5, 5.41) is 3.49. The number of benzene rings is 2. The summed E-state index contributed by atoms with van der Waals surface area (Å²) in [7, 11) is 3.85. The molecule has 2 rings (SSSR count). The molecule has 1 atom stereocenters. The Balaban J connectivity index is 2.09. The molecule has 0 saturated heterocycles. The molecule has 0 aliphatic carbocycles. The topological polar surface area (TPSA) is 41.6 Å². The average molecular weight is 398 g/mol. The molecule has 1 amide bonds. The number of carbonyl (C=O) groups excluding carboxylic acids is 1. The number of para-hydroxylation sites is 2. The highest BCUT2D eigenvalue weighted by Crippen LogP contribution is 2.29. The molecule has 0 bridgehead atoms.